The Morgan fingerprint density at radius 2 is 0.678 bits per heavy atom. The molecule has 90 heavy (non-hydrogen) atoms. The molecule has 8 aromatic carbocycles. The Hall–Kier alpha value is -2.47. The molecule has 436 valence electrons. The average Bonchev–Trinajstić information content (AvgIpc) is 0.776. The summed E-state index contributed by atoms with van der Waals surface area (Å²) in [6.07, 6.45) is 0. The van der Waals surface area contributed by atoms with Crippen LogP contribution in [0.2, 0.25) is 0 Å². The molecular weight excluding hydrogens is 1370 g/mol. The van der Waals surface area contributed by atoms with Crippen molar-refractivity contribution >= 4 is 150 Å². The second-order valence-electron chi connectivity index (χ2n) is 16.9. The normalized spacial score (nSPS) is 11.1. The number of nitrogens with one attached hydrogen (secondary N) is 6. The SMILES string of the molecule is O=C(Nc1ccc(C(=O)Nc2ccc(C(=O)Nc3ccc(S(=O)(=O)[O-])c4cc(S(=O)(=O)[O-])cc(SOO[O-])c34)cc2)cc1)Nc1ccc(C(=O)Nc2ccc(C(=O)Nc3ccc(SOO[O-])c4cc(S(=O)(=O)[O-])cc(S(=O)(=O)[O-])c34)cc2)cc1.[Na+].[Na+].[Na+].[Na+].[Na+].[Na+]. The van der Waals surface area contributed by atoms with Crippen LogP contribution in [0, 0.1) is 0 Å². The van der Waals surface area contributed by atoms with Gasteiger partial charge in [0.1, 0.15) is 40.5 Å². The van der Waals surface area contributed by atoms with E-state index < -0.39 is 105 Å². The summed E-state index contributed by atoms with van der Waals surface area (Å²) in [6.45, 7) is 0. The summed E-state index contributed by atoms with van der Waals surface area (Å²) in [7, 11) is -21.4. The van der Waals surface area contributed by atoms with E-state index in [1.807, 2.05) is 0 Å². The van der Waals surface area contributed by atoms with Crippen LogP contribution >= 0.6 is 24.1 Å². The summed E-state index contributed by atoms with van der Waals surface area (Å²) in [5, 5.41) is 41.2. The van der Waals surface area contributed by atoms with E-state index >= 15 is 0 Å². The van der Waals surface area contributed by atoms with Gasteiger partial charge in [-0.1, -0.05) is 0 Å². The molecule has 0 aliphatic rings. The number of urea groups is 1. The number of fused-ring (bicyclic) bond motifs is 2. The Kier molecular flexibility index (Phi) is 33.5. The second-order valence-corrected chi connectivity index (χ2v) is 23.8. The molecule has 6 N–H and O–H groups in total. The van der Waals surface area contributed by atoms with E-state index in [2.05, 4.69) is 50.6 Å². The third kappa shape index (κ3) is 21.8. The molecule has 0 unspecified atom stereocenters. The molecule has 6 amide bonds. The van der Waals surface area contributed by atoms with Crippen LogP contribution in [0.3, 0.4) is 0 Å². The van der Waals surface area contributed by atoms with Gasteiger partial charge < -0.3 is 60.6 Å². The zero-order chi connectivity index (χ0) is 60.9. The molecule has 0 atom stereocenters. The van der Waals surface area contributed by atoms with Crippen LogP contribution < -0.4 is 220 Å². The molecule has 0 aliphatic carbocycles. The standard InChI is InChI=1S/C49H36N6O23S6.6Na/c56-45(50-29-9-1-27(2-10-29)47(58)54-37-18-20-41(83(69,70)71)36-22-33(81(63,64)65)23-40(43(36)37)80-78-76-62)25-5-13-31(14-6-25)52-49(60)53-32-15-7-26(8-16-32)46(57)51-30-11-3-28(4-12-30)48(59)55-38-17-19-39(79-77-75-61)35-21-34(82(66,67)68)24-42(44(35)38)84(72,73)74;;;;;;/h1-24,61-62H,(H,50,56)(H,51,57)(H,54,58)(H,55,59)(H2,52,53,60)(H,63,64,65)(H,66,67,68)(H,69,70,71)(H,72,73,74);;;;;;/q;6*+1/p-6. The van der Waals surface area contributed by atoms with Gasteiger partial charge in [0.2, 0.25) is 0 Å². The minimum atomic E-state index is -5.51. The minimum Gasteiger partial charge on any atom is -0.744 e. The van der Waals surface area contributed by atoms with E-state index in [9.17, 15) is 86.4 Å². The fourth-order valence-electron chi connectivity index (χ4n) is 7.85. The Morgan fingerprint density at radius 1 is 0.344 bits per heavy atom. The summed E-state index contributed by atoms with van der Waals surface area (Å²) in [5.41, 5.74) is 0.644. The molecule has 0 heterocycles. The maximum Gasteiger partial charge on any atom is 1.00 e. The Balaban J connectivity index is 0.00000460. The number of carbonyl (C=O) groups is 5. The second kappa shape index (κ2) is 36.0. The third-order valence-corrected chi connectivity index (χ3v) is 16.2. The van der Waals surface area contributed by atoms with E-state index in [1.165, 1.54) is 97.1 Å². The Bertz CT molecular complexity index is 4460. The number of carbonyl (C=O) groups excluding carboxylic acids is 5. The van der Waals surface area contributed by atoms with Crippen LogP contribution in [0.15, 0.2) is 175 Å². The molecule has 0 spiro atoms. The molecule has 8 rings (SSSR count). The van der Waals surface area contributed by atoms with Gasteiger partial charge in [-0.25, -0.2) is 38.5 Å². The summed E-state index contributed by atoms with van der Waals surface area (Å²) < 4.78 is 153. The first-order valence-electron chi connectivity index (χ1n) is 22.7. The number of amides is 6. The van der Waals surface area contributed by atoms with Crippen molar-refractivity contribution in [3.63, 3.8) is 0 Å². The minimum absolute atomic E-state index is 0. The number of hydrogen-bond donors (Lipinski definition) is 6. The molecule has 0 aromatic heterocycles. The predicted octanol–water partition coefficient (Wildman–Crippen LogP) is -13.3. The predicted molar refractivity (Wildman–Crippen MR) is 286 cm³/mol. The smallest absolute Gasteiger partial charge is 0.744 e. The van der Waals surface area contributed by atoms with E-state index in [1.54, 1.807) is 0 Å². The molecule has 0 bridgehead atoms. The van der Waals surface area contributed by atoms with Gasteiger partial charge in [-0.15, -0.1) is 0 Å². The van der Waals surface area contributed by atoms with Crippen molar-refractivity contribution in [3.05, 3.63) is 168 Å². The van der Waals surface area contributed by atoms with Crippen LogP contribution in [-0.4, -0.2) is 81.5 Å². The van der Waals surface area contributed by atoms with Crippen LogP contribution in [0.5, 0.6) is 0 Å². The van der Waals surface area contributed by atoms with Gasteiger partial charge >= 0.3 is 183 Å². The topological polar surface area (TPSA) is 469 Å². The Labute approximate surface area is 651 Å². The van der Waals surface area contributed by atoms with Crippen LogP contribution in [0.1, 0.15) is 41.4 Å². The molecule has 8 aromatic rings. The molecule has 0 saturated carbocycles. The summed E-state index contributed by atoms with van der Waals surface area (Å²) in [4.78, 5) is 60.9. The summed E-state index contributed by atoms with van der Waals surface area (Å²) >= 11 is 0.243. The molecular formula is C49H30N6Na6O23S6. The van der Waals surface area contributed by atoms with Crippen molar-refractivity contribution < 1.29 is 282 Å². The Morgan fingerprint density at radius 3 is 1.06 bits per heavy atom. The number of anilines is 6. The van der Waals surface area contributed by atoms with Crippen LogP contribution in [0.25, 0.3) is 21.5 Å². The quantitative estimate of drug-likeness (QED) is 0.0136. The number of rotatable bonds is 20. The molecule has 0 radical (unpaired) electrons. The van der Waals surface area contributed by atoms with E-state index in [0.29, 0.717) is 18.2 Å². The fourth-order valence-corrected chi connectivity index (χ4v) is 11.5. The van der Waals surface area contributed by atoms with E-state index in [4.69, 9.17) is 0 Å². The maximum atomic E-state index is 13.4. The van der Waals surface area contributed by atoms with E-state index in [0.717, 1.165) is 30.3 Å². The van der Waals surface area contributed by atoms with Gasteiger partial charge in [0.15, 0.2) is 0 Å². The maximum absolute atomic E-state index is 13.4. The van der Waals surface area contributed by atoms with Crippen LogP contribution in [0.4, 0.5) is 38.9 Å². The van der Waals surface area contributed by atoms with Gasteiger partial charge in [0.05, 0.1) is 55.0 Å². The number of benzene rings is 8. The first kappa shape index (κ1) is 83.6. The number of hydrogen-bond acceptors (Lipinski definition) is 25. The van der Waals surface area contributed by atoms with Crippen LogP contribution in [-0.2, 0) is 59.2 Å². The molecule has 0 aliphatic heterocycles. The molecule has 29 nitrogen and oxygen atoms in total. The monoisotopic (exact) mass is 1400 g/mol. The molecule has 0 saturated heterocycles. The van der Waals surface area contributed by atoms with E-state index in [-0.39, 0.29) is 273 Å². The third-order valence-electron chi connectivity index (χ3n) is 11.6. The summed E-state index contributed by atoms with van der Waals surface area (Å²) in [6, 6.07) is 27.6. The first-order chi connectivity index (χ1) is 39.6. The first-order valence-corrected chi connectivity index (χ1v) is 29.8. The largest absolute Gasteiger partial charge is 1.00 e. The fraction of sp³-hybridized carbons (Fsp3) is 0. The van der Waals surface area contributed by atoms with Crippen molar-refractivity contribution in [1.82, 2.24) is 0 Å². The van der Waals surface area contributed by atoms with Crippen molar-refractivity contribution in [3.8, 4) is 0 Å². The average molecular weight is 1400 g/mol. The van der Waals surface area contributed by atoms with Gasteiger partial charge in [-0.2, -0.15) is 8.67 Å². The zero-order valence-electron chi connectivity index (χ0n) is 47.2. The van der Waals surface area contributed by atoms with Crippen molar-refractivity contribution in [2.75, 3.05) is 31.9 Å². The van der Waals surface area contributed by atoms with Gasteiger partial charge in [-0.05, 0) is 146 Å². The molecule has 41 heteroatoms. The van der Waals surface area contributed by atoms with Gasteiger partial charge in [0, 0.05) is 76.3 Å². The van der Waals surface area contributed by atoms with Crippen molar-refractivity contribution in [1.29, 1.82) is 0 Å². The molecule has 0 fully saturated rings. The van der Waals surface area contributed by atoms with Gasteiger partial charge in [-0.3, -0.25) is 29.3 Å². The zero-order valence-corrected chi connectivity index (χ0v) is 64.1. The summed E-state index contributed by atoms with van der Waals surface area (Å²) in [5.74, 6) is -2.91. The van der Waals surface area contributed by atoms with Crippen molar-refractivity contribution in [2.24, 2.45) is 0 Å². The van der Waals surface area contributed by atoms with Crippen molar-refractivity contribution in [2.45, 2.75) is 29.4 Å². The van der Waals surface area contributed by atoms with Gasteiger partial charge in [0.25, 0.3) is 23.6 Å².